The van der Waals surface area contributed by atoms with Crippen LogP contribution >= 0.6 is 11.6 Å². The number of methoxy groups -OCH3 is 1. The fourth-order valence-electron chi connectivity index (χ4n) is 3.94. The highest BCUT2D eigenvalue weighted by Crippen LogP contribution is 2.35. The molecule has 0 aliphatic carbocycles. The summed E-state index contributed by atoms with van der Waals surface area (Å²) in [5.74, 6) is 0.923. The van der Waals surface area contributed by atoms with E-state index in [0.717, 1.165) is 22.4 Å². The zero-order valence-corrected chi connectivity index (χ0v) is 21.2. The second-order valence-electron chi connectivity index (χ2n) is 8.46. The molecule has 0 bridgehead atoms. The summed E-state index contributed by atoms with van der Waals surface area (Å²) in [5.41, 5.74) is 12.1. The normalized spacial score (nSPS) is 10.9. The molecule has 0 radical (unpaired) electrons. The van der Waals surface area contributed by atoms with Crippen LogP contribution in [0.25, 0.3) is 0 Å². The van der Waals surface area contributed by atoms with E-state index < -0.39 is 0 Å². The summed E-state index contributed by atoms with van der Waals surface area (Å²) in [6.07, 6.45) is 3.07. The van der Waals surface area contributed by atoms with Crippen molar-refractivity contribution in [3.05, 3.63) is 75.9 Å². The summed E-state index contributed by atoms with van der Waals surface area (Å²) in [6.45, 7) is 8.65. The van der Waals surface area contributed by atoms with E-state index >= 15 is 0 Å². The molecule has 2 amide bonds. The van der Waals surface area contributed by atoms with Gasteiger partial charge in [0.1, 0.15) is 0 Å². The van der Waals surface area contributed by atoms with Crippen LogP contribution < -0.4 is 20.7 Å². The van der Waals surface area contributed by atoms with Gasteiger partial charge in [-0.25, -0.2) is 9.78 Å². The molecular weight excluding hydrogens is 448 g/mol. The lowest BCUT2D eigenvalue weighted by Gasteiger charge is -2.26. The van der Waals surface area contributed by atoms with E-state index in [2.05, 4.69) is 36.3 Å². The van der Waals surface area contributed by atoms with Crippen LogP contribution in [0.1, 0.15) is 55.9 Å². The molecule has 6 nitrogen and oxygen atoms in total. The van der Waals surface area contributed by atoms with Gasteiger partial charge in [0.05, 0.1) is 19.3 Å². The average Bonchev–Trinajstić information content (AvgIpc) is 2.83. The molecule has 0 saturated carbocycles. The van der Waals surface area contributed by atoms with E-state index in [9.17, 15) is 4.79 Å². The van der Waals surface area contributed by atoms with Crippen molar-refractivity contribution in [1.82, 2.24) is 4.98 Å². The van der Waals surface area contributed by atoms with E-state index in [0.29, 0.717) is 47.6 Å². The maximum Gasteiger partial charge on any atom is 0.326 e. The first-order valence-corrected chi connectivity index (χ1v) is 11.9. The fraction of sp³-hybridized carbons (Fsp3) is 0.333. The molecule has 0 spiro atoms. The van der Waals surface area contributed by atoms with Crippen LogP contribution in [0.2, 0.25) is 5.02 Å². The summed E-state index contributed by atoms with van der Waals surface area (Å²) in [7, 11) is 1.57. The maximum absolute atomic E-state index is 13.7. The number of carbonyl (C=O) groups is 1. The standard InChI is InChI=1S/C27H33ClN4O2/c1-6-21-23(28)14-24(29)22(7-2)26(21)31-27(33)32(16-18-8-13-25(34-5)30-15-18)20-11-9-19(10-12-20)17(3)4/h8-15,17H,6-7,16,29H2,1-5H3,(H,31,33). The molecule has 0 unspecified atom stereocenters. The third-order valence-corrected chi connectivity index (χ3v) is 6.26. The van der Waals surface area contributed by atoms with Crippen LogP contribution in [0.3, 0.4) is 0 Å². The molecule has 0 aliphatic heterocycles. The van der Waals surface area contributed by atoms with Crippen molar-refractivity contribution in [1.29, 1.82) is 0 Å². The van der Waals surface area contributed by atoms with E-state index in [-0.39, 0.29) is 6.03 Å². The van der Waals surface area contributed by atoms with Gasteiger partial charge in [0.2, 0.25) is 5.88 Å². The lowest BCUT2D eigenvalue weighted by atomic mass is 10.0. The number of anilines is 3. The Kier molecular flexibility index (Phi) is 8.40. The van der Waals surface area contributed by atoms with E-state index in [4.69, 9.17) is 22.1 Å². The van der Waals surface area contributed by atoms with Crippen molar-refractivity contribution < 1.29 is 9.53 Å². The number of halogens is 1. The molecule has 34 heavy (non-hydrogen) atoms. The first kappa shape index (κ1) is 25.4. The molecule has 3 rings (SSSR count). The highest BCUT2D eigenvalue weighted by atomic mass is 35.5. The summed E-state index contributed by atoms with van der Waals surface area (Å²) >= 11 is 6.48. The van der Waals surface area contributed by atoms with Crippen molar-refractivity contribution in [3.8, 4) is 5.88 Å². The fourth-order valence-corrected chi connectivity index (χ4v) is 4.28. The molecule has 2 aromatic carbocycles. The second kappa shape index (κ2) is 11.3. The number of urea groups is 1. The van der Waals surface area contributed by atoms with Crippen molar-refractivity contribution in [2.75, 3.05) is 23.1 Å². The zero-order chi connectivity index (χ0) is 24.8. The van der Waals surface area contributed by atoms with Crippen LogP contribution in [0.15, 0.2) is 48.7 Å². The molecule has 3 N–H and O–H groups in total. The van der Waals surface area contributed by atoms with Gasteiger partial charge in [-0.2, -0.15) is 0 Å². The summed E-state index contributed by atoms with van der Waals surface area (Å²) in [4.78, 5) is 19.7. The summed E-state index contributed by atoms with van der Waals surface area (Å²) in [5, 5.41) is 3.67. The van der Waals surface area contributed by atoms with Crippen LogP contribution in [0, 0.1) is 0 Å². The van der Waals surface area contributed by atoms with Crippen LogP contribution in [0.5, 0.6) is 5.88 Å². The topological polar surface area (TPSA) is 80.5 Å². The largest absolute Gasteiger partial charge is 0.481 e. The Hall–Kier alpha value is -3.25. The number of aromatic nitrogens is 1. The molecule has 1 aromatic heterocycles. The van der Waals surface area contributed by atoms with Gasteiger partial charge in [0, 0.05) is 28.7 Å². The molecular formula is C27H33ClN4O2. The molecule has 0 fully saturated rings. The number of rotatable bonds is 8. The minimum absolute atomic E-state index is 0.265. The van der Waals surface area contributed by atoms with Gasteiger partial charge >= 0.3 is 6.03 Å². The highest BCUT2D eigenvalue weighted by molar-refractivity contribution is 6.32. The molecule has 0 saturated heterocycles. The Bertz CT molecular complexity index is 1100. The van der Waals surface area contributed by atoms with E-state index in [1.54, 1.807) is 30.3 Å². The Morgan fingerprint density at radius 3 is 2.32 bits per heavy atom. The SMILES string of the molecule is CCc1c(N)cc(Cl)c(CC)c1NC(=O)N(Cc1ccc(OC)nc1)c1ccc(C(C)C)cc1. The van der Waals surface area contributed by atoms with Gasteiger partial charge in [0.15, 0.2) is 0 Å². The van der Waals surface area contributed by atoms with Gasteiger partial charge in [-0.3, -0.25) is 4.90 Å². The van der Waals surface area contributed by atoms with Gasteiger partial charge in [-0.15, -0.1) is 0 Å². The lowest BCUT2D eigenvalue weighted by molar-refractivity contribution is 0.256. The molecule has 0 atom stereocenters. The summed E-state index contributed by atoms with van der Waals surface area (Å²) < 4.78 is 5.17. The van der Waals surface area contributed by atoms with Crippen molar-refractivity contribution in [2.24, 2.45) is 0 Å². The molecule has 1 heterocycles. The van der Waals surface area contributed by atoms with Gasteiger partial charge in [-0.05, 0) is 59.2 Å². The smallest absolute Gasteiger partial charge is 0.326 e. The first-order chi connectivity index (χ1) is 16.3. The number of nitrogens with zero attached hydrogens (tertiary/aromatic N) is 2. The van der Waals surface area contributed by atoms with E-state index in [1.165, 1.54) is 5.56 Å². The zero-order valence-electron chi connectivity index (χ0n) is 20.5. The second-order valence-corrected chi connectivity index (χ2v) is 8.87. The van der Waals surface area contributed by atoms with E-state index in [1.807, 2.05) is 32.0 Å². The number of hydrogen-bond acceptors (Lipinski definition) is 4. The average molecular weight is 481 g/mol. The molecule has 180 valence electrons. The van der Waals surface area contributed by atoms with Crippen molar-refractivity contribution in [3.63, 3.8) is 0 Å². The van der Waals surface area contributed by atoms with Crippen molar-refractivity contribution in [2.45, 2.75) is 53.0 Å². The molecule has 0 aliphatic rings. The minimum atomic E-state index is -0.265. The predicted molar refractivity (Wildman–Crippen MR) is 141 cm³/mol. The number of pyridine rings is 1. The number of nitrogen functional groups attached to an aromatic ring is 1. The quantitative estimate of drug-likeness (QED) is 0.347. The highest BCUT2D eigenvalue weighted by Gasteiger charge is 2.22. The number of nitrogens with two attached hydrogens (primary N) is 1. The monoisotopic (exact) mass is 480 g/mol. The van der Waals surface area contributed by atoms with Crippen LogP contribution in [-0.4, -0.2) is 18.1 Å². The minimum Gasteiger partial charge on any atom is -0.481 e. The van der Waals surface area contributed by atoms with Gasteiger partial charge < -0.3 is 15.8 Å². The first-order valence-electron chi connectivity index (χ1n) is 11.6. The maximum atomic E-state index is 13.7. The number of carbonyl (C=O) groups excluding carboxylic acids is 1. The number of benzene rings is 2. The third-order valence-electron chi connectivity index (χ3n) is 5.93. The van der Waals surface area contributed by atoms with Crippen LogP contribution in [0.4, 0.5) is 21.9 Å². The number of ether oxygens (including phenoxy) is 1. The number of nitrogens with one attached hydrogen (secondary N) is 1. The summed E-state index contributed by atoms with van der Waals surface area (Å²) in [6, 6.07) is 13.2. The van der Waals surface area contributed by atoms with Crippen LogP contribution in [-0.2, 0) is 19.4 Å². The Morgan fingerprint density at radius 2 is 1.79 bits per heavy atom. The lowest BCUT2D eigenvalue weighted by Crippen LogP contribution is -2.35. The Balaban J connectivity index is 2.01. The van der Waals surface area contributed by atoms with Gasteiger partial charge in [0.25, 0.3) is 0 Å². The molecule has 7 heteroatoms. The molecule has 3 aromatic rings. The van der Waals surface area contributed by atoms with Gasteiger partial charge in [-0.1, -0.05) is 57.5 Å². The predicted octanol–water partition coefficient (Wildman–Crippen LogP) is 6.81. The third kappa shape index (κ3) is 5.62. The Morgan fingerprint density at radius 1 is 1.12 bits per heavy atom. The van der Waals surface area contributed by atoms with Crippen molar-refractivity contribution >= 4 is 34.7 Å². The number of amides is 2. The Labute approximate surface area is 207 Å². The number of hydrogen-bond donors (Lipinski definition) is 2.